The first-order chi connectivity index (χ1) is 9.52. The Morgan fingerprint density at radius 2 is 2.10 bits per heavy atom. The Labute approximate surface area is 117 Å². The number of benzene rings is 1. The van der Waals surface area contributed by atoms with Gasteiger partial charge in [-0.15, -0.1) is 0 Å². The number of nitrogens with zero attached hydrogens (tertiary/aromatic N) is 2. The third-order valence-corrected chi connectivity index (χ3v) is 3.36. The van der Waals surface area contributed by atoms with Gasteiger partial charge in [-0.3, -0.25) is 14.9 Å². The van der Waals surface area contributed by atoms with Gasteiger partial charge in [-0.25, -0.2) is 0 Å². The van der Waals surface area contributed by atoms with Crippen LogP contribution in [0, 0.1) is 17.0 Å². The highest BCUT2D eigenvalue weighted by atomic mass is 16.6. The zero-order valence-corrected chi connectivity index (χ0v) is 11.5. The molecule has 104 valence electrons. The molecule has 0 bridgehead atoms. The maximum Gasteiger partial charge on any atom is 0.272 e. The molecule has 20 heavy (non-hydrogen) atoms. The fourth-order valence-electron chi connectivity index (χ4n) is 2.14. The van der Waals surface area contributed by atoms with Gasteiger partial charge >= 0.3 is 0 Å². The van der Waals surface area contributed by atoms with Gasteiger partial charge in [0.15, 0.2) is 5.78 Å². The van der Waals surface area contributed by atoms with Crippen LogP contribution < -0.4 is 0 Å². The third kappa shape index (κ3) is 2.77. The topological polar surface area (TPSA) is 65.1 Å². The van der Waals surface area contributed by atoms with Crippen molar-refractivity contribution < 1.29 is 9.72 Å². The molecule has 0 radical (unpaired) electrons. The number of carbonyl (C=O) groups is 1. The number of Topliss-reactive ketones (excluding diaryl/α,β-unsaturated/α-hetero) is 1. The molecule has 0 saturated heterocycles. The minimum Gasteiger partial charge on any atom is -0.349 e. The predicted octanol–water partition coefficient (Wildman–Crippen LogP) is 3.35. The normalized spacial score (nSPS) is 10.5. The van der Waals surface area contributed by atoms with E-state index in [1.165, 1.54) is 6.07 Å². The molecule has 5 nitrogen and oxygen atoms in total. The summed E-state index contributed by atoms with van der Waals surface area (Å²) < 4.78 is 1.87. The summed E-state index contributed by atoms with van der Waals surface area (Å²) in [5, 5.41) is 10.9. The molecule has 1 aromatic heterocycles. The molecule has 2 rings (SSSR count). The van der Waals surface area contributed by atoms with E-state index in [1.807, 2.05) is 23.8 Å². The van der Waals surface area contributed by atoms with E-state index in [2.05, 4.69) is 0 Å². The Kier molecular flexibility index (Phi) is 3.98. The van der Waals surface area contributed by atoms with Crippen molar-refractivity contribution in [3.05, 3.63) is 63.5 Å². The molecule has 0 aliphatic rings. The Balaban J connectivity index is 2.26. The molecule has 1 heterocycles. The molecule has 0 N–H and O–H groups in total. The molecule has 1 aromatic carbocycles. The number of hydrogen-bond donors (Lipinski definition) is 0. The van der Waals surface area contributed by atoms with Gasteiger partial charge in [-0.1, -0.05) is 19.1 Å². The van der Waals surface area contributed by atoms with Crippen molar-refractivity contribution >= 4 is 11.5 Å². The Bertz CT molecular complexity index is 659. The number of carbonyl (C=O) groups excluding carboxylic acids is 1. The van der Waals surface area contributed by atoms with Crippen LogP contribution in [0.1, 0.15) is 34.8 Å². The SMILES string of the molecule is CCC(=O)c1ccn(Cc2cccc([N+](=O)[O-])c2C)c1. The van der Waals surface area contributed by atoms with Gasteiger partial charge in [-0.2, -0.15) is 0 Å². The summed E-state index contributed by atoms with van der Waals surface area (Å²) >= 11 is 0. The van der Waals surface area contributed by atoms with Crippen molar-refractivity contribution in [2.75, 3.05) is 0 Å². The van der Waals surface area contributed by atoms with Crippen LogP contribution in [0.2, 0.25) is 0 Å². The fourth-order valence-corrected chi connectivity index (χ4v) is 2.14. The van der Waals surface area contributed by atoms with Gasteiger partial charge in [-0.05, 0) is 18.6 Å². The summed E-state index contributed by atoms with van der Waals surface area (Å²) in [6.45, 7) is 4.09. The predicted molar refractivity (Wildman–Crippen MR) is 76.0 cm³/mol. The Morgan fingerprint density at radius 3 is 2.75 bits per heavy atom. The number of nitro groups is 1. The van der Waals surface area contributed by atoms with E-state index in [4.69, 9.17) is 0 Å². The smallest absolute Gasteiger partial charge is 0.272 e. The number of nitro benzene ring substituents is 1. The van der Waals surface area contributed by atoms with Gasteiger partial charge in [0.1, 0.15) is 0 Å². The molecule has 0 unspecified atom stereocenters. The van der Waals surface area contributed by atoms with Gasteiger partial charge in [0.2, 0.25) is 0 Å². The standard InChI is InChI=1S/C15H16N2O3/c1-3-15(18)13-7-8-16(10-13)9-12-5-4-6-14(11(12)2)17(19)20/h4-8,10H,3,9H2,1-2H3. The van der Waals surface area contributed by atoms with E-state index in [0.29, 0.717) is 24.1 Å². The van der Waals surface area contributed by atoms with Crippen molar-refractivity contribution in [2.24, 2.45) is 0 Å². The average Bonchev–Trinajstić information content (AvgIpc) is 2.88. The lowest BCUT2D eigenvalue weighted by atomic mass is 10.1. The van der Waals surface area contributed by atoms with Crippen LogP contribution in [0.15, 0.2) is 36.7 Å². The lowest BCUT2D eigenvalue weighted by Crippen LogP contribution is -2.02. The second-order valence-electron chi connectivity index (χ2n) is 4.67. The van der Waals surface area contributed by atoms with Crippen LogP contribution >= 0.6 is 0 Å². The van der Waals surface area contributed by atoms with E-state index in [0.717, 1.165) is 5.56 Å². The Hall–Kier alpha value is -2.43. The fraction of sp³-hybridized carbons (Fsp3) is 0.267. The molecule has 2 aromatic rings. The van der Waals surface area contributed by atoms with Crippen molar-refractivity contribution in [3.63, 3.8) is 0 Å². The molecule has 0 saturated carbocycles. The molecule has 0 atom stereocenters. The highest BCUT2D eigenvalue weighted by Crippen LogP contribution is 2.22. The zero-order valence-electron chi connectivity index (χ0n) is 11.5. The maximum absolute atomic E-state index is 11.6. The van der Waals surface area contributed by atoms with Crippen LogP contribution in [-0.4, -0.2) is 15.3 Å². The lowest BCUT2D eigenvalue weighted by Gasteiger charge is -2.07. The zero-order chi connectivity index (χ0) is 14.7. The quantitative estimate of drug-likeness (QED) is 0.476. The number of hydrogen-bond acceptors (Lipinski definition) is 3. The highest BCUT2D eigenvalue weighted by molar-refractivity contribution is 5.95. The first kappa shape index (κ1) is 14.0. The first-order valence-electron chi connectivity index (χ1n) is 6.44. The third-order valence-electron chi connectivity index (χ3n) is 3.36. The molecular weight excluding hydrogens is 256 g/mol. The number of aromatic nitrogens is 1. The summed E-state index contributed by atoms with van der Waals surface area (Å²) in [5.74, 6) is 0.0968. The first-order valence-corrected chi connectivity index (χ1v) is 6.44. The van der Waals surface area contributed by atoms with E-state index < -0.39 is 0 Å². The molecule has 0 aliphatic heterocycles. The number of rotatable bonds is 5. The molecule has 5 heteroatoms. The van der Waals surface area contributed by atoms with Crippen LogP contribution in [0.5, 0.6) is 0 Å². The molecule has 0 spiro atoms. The summed E-state index contributed by atoms with van der Waals surface area (Å²) in [7, 11) is 0. The van der Waals surface area contributed by atoms with E-state index in [-0.39, 0.29) is 16.4 Å². The van der Waals surface area contributed by atoms with E-state index in [1.54, 1.807) is 25.3 Å². The monoisotopic (exact) mass is 272 g/mol. The summed E-state index contributed by atoms with van der Waals surface area (Å²) in [4.78, 5) is 22.1. The van der Waals surface area contributed by atoms with E-state index in [9.17, 15) is 14.9 Å². The van der Waals surface area contributed by atoms with Crippen LogP contribution in [0.3, 0.4) is 0 Å². The van der Waals surface area contributed by atoms with Crippen molar-refractivity contribution in [3.8, 4) is 0 Å². The van der Waals surface area contributed by atoms with E-state index >= 15 is 0 Å². The van der Waals surface area contributed by atoms with Crippen molar-refractivity contribution in [1.82, 2.24) is 4.57 Å². The molecule has 0 amide bonds. The molecule has 0 fully saturated rings. The molecule has 0 aliphatic carbocycles. The average molecular weight is 272 g/mol. The van der Waals surface area contributed by atoms with Gasteiger partial charge in [0.05, 0.1) is 4.92 Å². The minimum atomic E-state index is -0.374. The minimum absolute atomic E-state index is 0.0968. The Morgan fingerprint density at radius 1 is 1.35 bits per heavy atom. The number of ketones is 1. The summed E-state index contributed by atoms with van der Waals surface area (Å²) in [6.07, 6.45) is 4.07. The summed E-state index contributed by atoms with van der Waals surface area (Å²) in [5.41, 5.74) is 2.34. The van der Waals surface area contributed by atoms with Crippen LogP contribution in [-0.2, 0) is 6.54 Å². The lowest BCUT2D eigenvalue weighted by molar-refractivity contribution is -0.385. The maximum atomic E-state index is 11.6. The second-order valence-corrected chi connectivity index (χ2v) is 4.67. The largest absolute Gasteiger partial charge is 0.349 e. The van der Waals surface area contributed by atoms with Crippen molar-refractivity contribution in [2.45, 2.75) is 26.8 Å². The highest BCUT2D eigenvalue weighted by Gasteiger charge is 2.13. The molecular formula is C15H16N2O3. The van der Waals surface area contributed by atoms with Crippen molar-refractivity contribution in [1.29, 1.82) is 0 Å². The van der Waals surface area contributed by atoms with Crippen LogP contribution in [0.4, 0.5) is 5.69 Å². The van der Waals surface area contributed by atoms with Gasteiger partial charge in [0.25, 0.3) is 5.69 Å². The summed E-state index contributed by atoms with van der Waals surface area (Å²) in [6, 6.07) is 6.82. The second kappa shape index (κ2) is 5.69. The van der Waals surface area contributed by atoms with Gasteiger partial charge in [0, 0.05) is 42.6 Å². The van der Waals surface area contributed by atoms with Crippen LogP contribution in [0.25, 0.3) is 0 Å². The van der Waals surface area contributed by atoms with Gasteiger partial charge < -0.3 is 4.57 Å².